The first-order chi connectivity index (χ1) is 15.9. The topological polar surface area (TPSA) is 68.3 Å². The second-order valence-electron chi connectivity index (χ2n) is 7.78. The maximum atomic E-state index is 13.3. The third-order valence-corrected chi connectivity index (χ3v) is 6.36. The van der Waals surface area contributed by atoms with E-state index in [1.807, 2.05) is 30.0 Å². The molecule has 2 rings (SSSR count). The van der Waals surface area contributed by atoms with Crippen molar-refractivity contribution in [2.45, 2.75) is 39.7 Å². The van der Waals surface area contributed by atoms with Crippen LogP contribution in [-0.2, 0) is 27.3 Å². The molecule has 0 unspecified atom stereocenters. The zero-order chi connectivity index (χ0) is 24.2. The third kappa shape index (κ3) is 8.37. The monoisotopic (exact) mass is 476 g/mol. The van der Waals surface area contributed by atoms with E-state index in [-0.39, 0.29) is 18.4 Å². The largest absolute Gasteiger partial charge is 0.493 e. The van der Waals surface area contributed by atoms with Gasteiger partial charge >= 0.3 is 0 Å². The Hall–Kier alpha value is -2.58. The molecule has 0 saturated heterocycles. The van der Waals surface area contributed by atoms with E-state index in [2.05, 4.69) is 19.1 Å². The number of hydrogen-bond donors (Lipinski definition) is 0. The van der Waals surface area contributed by atoms with Gasteiger partial charge in [0.2, 0.25) is 11.8 Å². The molecule has 8 heteroatoms. The Morgan fingerprint density at radius 3 is 2.30 bits per heavy atom. The summed E-state index contributed by atoms with van der Waals surface area (Å²) in [6, 6.07) is 9.92. The van der Waals surface area contributed by atoms with Crippen LogP contribution < -0.4 is 9.47 Å². The van der Waals surface area contributed by atoms with Crippen molar-refractivity contribution in [1.82, 2.24) is 9.80 Å². The quantitative estimate of drug-likeness (QED) is 0.387. The van der Waals surface area contributed by atoms with Crippen LogP contribution >= 0.6 is 11.3 Å². The summed E-state index contributed by atoms with van der Waals surface area (Å²) in [4.78, 5) is 31.6. The fourth-order valence-electron chi connectivity index (χ4n) is 3.53. The fraction of sp³-hybridized carbons (Fsp3) is 0.520. The van der Waals surface area contributed by atoms with Crippen LogP contribution in [0.1, 0.15) is 35.1 Å². The van der Waals surface area contributed by atoms with Crippen molar-refractivity contribution in [2.24, 2.45) is 0 Å². The molecule has 0 aliphatic heterocycles. The van der Waals surface area contributed by atoms with Crippen molar-refractivity contribution in [1.29, 1.82) is 0 Å². The molecule has 0 saturated carbocycles. The summed E-state index contributed by atoms with van der Waals surface area (Å²) in [6.07, 6.45) is 1.74. The molecular weight excluding hydrogens is 440 g/mol. The van der Waals surface area contributed by atoms with E-state index in [1.165, 1.54) is 4.88 Å². The SMILES string of the molecule is CCC(=O)N(CCCOC)CC(=O)N(CCc1ccc(OC)c(OC)c1)Cc1ccc(C)s1. The van der Waals surface area contributed by atoms with Gasteiger partial charge in [0.15, 0.2) is 11.5 Å². The lowest BCUT2D eigenvalue weighted by Gasteiger charge is -2.27. The molecule has 0 radical (unpaired) electrons. The van der Waals surface area contributed by atoms with Crippen LogP contribution in [0.5, 0.6) is 11.5 Å². The van der Waals surface area contributed by atoms with E-state index in [0.29, 0.717) is 57.0 Å². The number of nitrogens with zero attached hydrogens (tertiary/aromatic N) is 2. The Bertz CT molecular complexity index is 899. The molecule has 0 spiro atoms. The van der Waals surface area contributed by atoms with Crippen molar-refractivity contribution >= 4 is 23.2 Å². The Morgan fingerprint density at radius 2 is 1.70 bits per heavy atom. The highest BCUT2D eigenvalue weighted by atomic mass is 32.1. The normalized spacial score (nSPS) is 10.7. The smallest absolute Gasteiger partial charge is 0.242 e. The van der Waals surface area contributed by atoms with Crippen molar-refractivity contribution < 1.29 is 23.8 Å². The van der Waals surface area contributed by atoms with Crippen molar-refractivity contribution in [3.63, 3.8) is 0 Å². The van der Waals surface area contributed by atoms with Gasteiger partial charge in [-0.25, -0.2) is 0 Å². The highest BCUT2D eigenvalue weighted by molar-refractivity contribution is 7.11. The molecule has 0 bridgehead atoms. The first kappa shape index (κ1) is 26.7. The standard InChI is InChI=1S/C25H36N2O5S/c1-6-24(28)26(13-7-15-30-3)18-25(29)27(17-21-10-8-19(2)33-21)14-12-20-9-11-22(31-4)23(16-20)32-5/h8-11,16H,6-7,12-15,17-18H2,1-5H3. The van der Waals surface area contributed by atoms with Crippen LogP contribution in [-0.4, -0.2) is 69.2 Å². The maximum Gasteiger partial charge on any atom is 0.242 e. The minimum absolute atomic E-state index is 0.0220. The average Bonchev–Trinajstić information content (AvgIpc) is 3.24. The lowest BCUT2D eigenvalue weighted by Crippen LogP contribution is -2.43. The number of rotatable bonds is 14. The number of benzene rings is 1. The lowest BCUT2D eigenvalue weighted by molar-refractivity contribution is -0.140. The number of carbonyl (C=O) groups is 2. The molecule has 182 valence electrons. The van der Waals surface area contributed by atoms with Crippen LogP contribution in [0.25, 0.3) is 0 Å². The molecule has 2 amide bonds. The molecule has 1 heterocycles. The van der Waals surface area contributed by atoms with Gasteiger partial charge in [0, 0.05) is 43.0 Å². The first-order valence-electron chi connectivity index (χ1n) is 11.2. The number of methoxy groups -OCH3 is 3. The van der Waals surface area contributed by atoms with Crippen LogP contribution in [0.3, 0.4) is 0 Å². The number of thiophene rings is 1. The van der Waals surface area contributed by atoms with Gasteiger partial charge in [-0.2, -0.15) is 0 Å². The van der Waals surface area contributed by atoms with Gasteiger partial charge in [-0.15, -0.1) is 11.3 Å². The zero-order valence-corrected chi connectivity index (χ0v) is 21.2. The molecular formula is C25H36N2O5S. The summed E-state index contributed by atoms with van der Waals surface area (Å²) in [5.74, 6) is 1.26. The van der Waals surface area contributed by atoms with Crippen molar-refractivity contribution in [3.05, 3.63) is 45.6 Å². The van der Waals surface area contributed by atoms with Gasteiger partial charge in [0.05, 0.1) is 27.3 Å². The zero-order valence-electron chi connectivity index (χ0n) is 20.4. The second-order valence-corrected chi connectivity index (χ2v) is 9.15. The molecule has 33 heavy (non-hydrogen) atoms. The van der Waals surface area contributed by atoms with Gasteiger partial charge in [-0.05, 0) is 49.6 Å². The fourth-order valence-corrected chi connectivity index (χ4v) is 4.44. The Morgan fingerprint density at radius 1 is 0.939 bits per heavy atom. The predicted octanol–water partition coefficient (Wildman–Crippen LogP) is 3.92. The summed E-state index contributed by atoms with van der Waals surface area (Å²) in [6.45, 7) is 6.08. The van der Waals surface area contributed by atoms with Crippen LogP contribution in [0, 0.1) is 6.92 Å². The summed E-state index contributed by atoms with van der Waals surface area (Å²) in [5.41, 5.74) is 1.05. The first-order valence-corrected chi connectivity index (χ1v) is 12.0. The Kier molecular flexibility index (Phi) is 11.2. The summed E-state index contributed by atoms with van der Waals surface area (Å²) in [5, 5.41) is 0. The second kappa shape index (κ2) is 13.9. The summed E-state index contributed by atoms with van der Waals surface area (Å²) >= 11 is 1.69. The molecule has 2 aromatic rings. The molecule has 0 aliphatic rings. The van der Waals surface area contributed by atoms with Crippen molar-refractivity contribution in [3.8, 4) is 11.5 Å². The van der Waals surface area contributed by atoms with Gasteiger partial charge in [0.1, 0.15) is 0 Å². The highest BCUT2D eigenvalue weighted by Crippen LogP contribution is 2.28. The molecule has 1 aromatic heterocycles. The Labute approximate surface area is 201 Å². The average molecular weight is 477 g/mol. The molecule has 0 N–H and O–H groups in total. The van der Waals surface area contributed by atoms with Gasteiger partial charge in [-0.1, -0.05) is 13.0 Å². The number of ether oxygens (including phenoxy) is 3. The molecule has 0 fully saturated rings. The minimum atomic E-state index is -0.0549. The summed E-state index contributed by atoms with van der Waals surface area (Å²) < 4.78 is 15.8. The predicted molar refractivity (Wildman–Crippen MR) is 131 cm³/mol. The maximum absolute atomic E-state index is 13.3. The number of amides is 2. The van der Waals surface area contributed by atoms with Gasteiger partial charge < -0.3 is 24.0 Å². The highest BCUT2D eigenvalue weighted by Gasteiger charge is 2.21. The molecule has 0 aliphatic carbocycles. The van der Waals surface area contributed by atoms with Gasteiger partial charge in [0.25, 0.3) is 0 Å². The summed E-state index contributed by atoms with van der Waals surface area (Å²) in [7, 11) is 4.85. The number of carbonyl (C=O) groups excluding carboxylic acids is 2. The third-order valence-electron chi connectivity index (χ3n) is 5.37. The van der Waals surface area contributed by atoms with Crippen LogP contribution in [0.4, 0.5) is 0 Å². The molecule has 1 aromatic carbocycles. The molecule has 7 nitrogen and oxygen atoms in total. The molecule has 0 atom stereocenters. The van der Waals surface area contributed by atoms with Gasteiger partial charge in [-0.3, -0.25) is 9.59 Å². The number of aryl methyl sites for hydroxylation is 1. The van der Waals surface area contributed by atoms with E-state index in [0.717, 1.165) is 10.4 Å². The van der Waals surface area contributed by atoms with Crippen molar-refractivity contribution in [2.75, 3.05) is 47.6 Å². The number of hydrogen-bond acceptors (Lipinski definition) is 6. The van der Waals surface area contributed by atoms with E-state index >= 15 is 0 Å². The van der Waals surface area contributed by atoms with E-state index in [1.54, 1.807) is 37.6 Å². The van der Waals surface area contributed by atoms with Crippen LogP contribution in [0.2, 0.25) is 0 Å². The Balaban J connectivity index is 2.14. The minimum Gasteiger partial charge on any atom is -0.493 e. The van der Waals surface area contributed by atoms with E-state index in [4.69, 9.17) is 14.2 Å². The van der Waals surface area contributed by atoms with Crippen LogP contribution in [0.15, 0.2) is 30.3 Å². The lowest BCUT2D eigenvalue weighted by atomic mass is 10.1. The van der Waals surface area contributed by atoms with E-state index in [9.17, 15) is 9.59 Å². The van der Waals surface area contributed by atoms with E-state index < -0.39 is 0 Å².